The van der Waals surface area contributed by atoms with E-state index in [2.05, 4.69) is 0 Å². The van der Waals surface area contributed by atoms with Gasteiger partial charge < -0.3 is 20.0 Å². The first-order chi connectivity index (χ1) is 9.33. The molecule has 3 unspecified atom stereocenters. The lowest BCUT2D eigenvalue weighted by Gasteiger charge is -2.39. The molecular formula is C14H24N2O4. The number of likely N-dealkylation sites (tertiary alicyclic amines) is 2. The molecule has 20 heavy (non-hydrogen) atoms. The molecule has 114 valence electrons. The van der Waals surface area contributed by atoms with Crippen LogP contribution < -0.4 is 0 Å². The molecule has 6 heteroatoms. The minimum atomic E-state index is -0.836. The van der Waals surface area contributed by atoms with Crippen molar-refractivity contribution in [1.82, 2.24) is 9.80 Å². The van der Waals surface area contributed by atoms with Crippen LogP contribution in [0.1, 0.15) is 33.1 Å². The summed E-state index contributed by atoms with van der Waals surface area (Å²) in [6.07, 6.45) is 1.75. The summed E-state index contributed by atoms with van der Waals surface area (Å²) in [7, 11) is 0. The molecule has 0 spiro atoms. The lowest BCUT2D eigenvalue weighted by Crippen LogP contribution is -2.52. The highest BCUT2D eigenvalue weighted by Crippen LogP contribution is 2.31. The van der Waals surface area contributed by atoms with E-state index in [9.17, 15) is 19.8 Å². The third-order valence-electron chi connectivity index (χ3n) is 4.66. The van der Waals surface area contributed by atoms with Crippen LogP contribution in [0.15, 0.2) is 0 Å². The number of carboxylic acids is 1. The van der Waals surface area contributed by atoms with Crippen molar-refractivity contribution in [2.24, 2.45) is 11.3 Å². The molecule has 2 heterocycles. The predicted molar refractivity (Wildman–Crippen MR) is 73.3 cm³/mol. The Kier molecular flexibility index (Phi) is 4.22. The van der Waals surface area contributed by atoms with Crippen LogP contribution in [-0.2, 0) is 4.79 Å². The molecule has 3 atom stereocenters. The molecule has 0 aromatic carbocycles. The fourth-order valence-corrected chi connectivity index (χ4v) is 3.13. The molecule has 0 aromatic rings. The van der Waals surface area contributed by atoms with Gasteiger partial charge in [-0.1, -0.05) is 0 Å². The number of carboxylic acid groups (broad SMARTS) is 1. The van der Waals surface area contributed by atoms with Gasteiger partial charge in [0.15, 0.2) is 0 Å². The first-order valence-corrected chi connectivity index (χ1v) is 7.29. The summed E-state index contributed by atoms with van der Waals surface area (Å²) in [6.45, 7) is 5.57. The van der Waals surface area contributed by atoms with Gasteiger partial charge in [-0.3, -0.25) is 4.79 Å². The van der Waals surface area contributed by atoms with E-state index in [0.717, 1.165) is 12.8 Å². The number of carbonyl (C=O) groups is 2. The minimum absolute atomic E-state index is 0.0830. The topological polar surface area (TPSA) is 81.1 Å². The number of hydrogen-bond donors (Lipinski definition) is 2. The number of carbonyl (C=O) groups excluding carboxylic acids is 1. The Morgan fingerprint density at radius 3 is 2.55 bits per heavy atom. The predicted octanol–water partition coefficient (Wildman–Crippen LogP) is 0.996. The largest absolute Gasteiger partial charge is 0.481 e. The number of rotatable bonds is 2. The highest BCUT2D eigenvalue weighted by molar-refractivity contribution is 5.78. The number of hydrogen-bond acceptors (Lipinski definition) is 3. The molecule has 2 N–H and O–H groups in total. The summed E-state index contributed by atoms with van der Waals surface area (Å²) >= 11 is 0. The molecule has 2 rings (SSSR count). The van der Waals surface area contributed by atoms with Gasteiger partial charge in [-0.2, -0.15) is 0 Å². The summed E-state index contributed by atoms with van der Waals surface area (Å²) in [5.74, 6) is -0.701. The Bertz CT molecular complexity index is 399. The summed E-state index contributed by atoms with van der Waals surface area (Å²) in [6, 6.07) is -0.0830. The summed E-state index contributed by atoms with van der Waals surface area (Å²) in [5, 5.41) is 18.9. The van der Waals surface area contributed by atoms with Crippen LogP contribution >= 0.6 is 0 Å². The van der Waals surface area contributed by atoms with Crippen LogP contribution in [0.4, 0.5) is 4.79 Å². The maximum atomic E-state index is 12.5. The van der Waals surface area contributed by atoms with Gasteiger partial charge in [-0.05, 0) is 33.1 Å². The average Bonchev–Trinajstić information content (AvgIpc) is 2.87. The first kappa shape index (κ1) is 15.1. The maximum Gasteiger partial charge on any atom is 0.320 e. The van der Waals surface area contributed by atoms with E-state index in [1.807, 2.05) is 0 Å². The third kappa shape index (κ3) is 2.90. The van der Waals surface area contributed by atoms with Gasteiger partial charge in [0.1, 0.15) is 0 Å². The van der Waals surface area contributed by atoms with Crippen LogP contribution in [0.2, 0.25) is 0 Å². The highest BCUT2D eigenvalue weighted by atomic mass is 16.4. The van der Waals surface area contributed by atoms with Crippen molar-refractivity contribution < 1.29 is 19.8 Å². The fourth-order valence-electron chi connectivity index (χ4n) is 3.13. The van der Waals surface area contributed by atoms with Crippen molar-refractivity contribution in [3.8, 4) is 0 Å². The van der Waals surface area contributed by atoms with Crippen molar-refractivity contribution in [3.63, 3.8) is 0 Å². The number of aliphatic hydroxyl groups is 1. The second-order valence-corrected chi connectivity index (χ2v) is 6.41. The molecule has 2 saturated heterocycles. The van der Waals surface area contributed by atoms with Gasteiger partial charge in [-0.15, -0.1) is 0 Å². The molecule has 0 aliphatic carbocycles. The van der Waals surface area contributed by atoms with Crippen LogP contribution in [0.5, 0.6) is 0 Å². The summed E-state index contributed by atoms with van der Waals surface area (Å²) in [5.41, 5.74) is -0.836. The van der Waals surface area contributed by atoms with Crippen molar-refractivity contribution in [2.45, 2.75) is 39.2 Å². The van der Waals surface area contributed by atoms with Gasteiger partial charge >= 0.3 is 12.0 Å². The number of urea groups is 1. The summed E-state index contributed by atoms with van der Waals surface area (Å²) < 4.78 is 0. The quantitative estimate of drug-likeness (QED) is 0.792. The Hall–Kier alpha value is -1.30. The second-order valence-electron chi connectivity index (χ2n) is 6.41. The van der Waals surface area contributed by atoms with E-state index in [-0.39, 0.29) is 18.5 Å². The van der Waals surface area contributed by atoms with Crippen LogP contribution in [0.25, 0.3) is 0 Å². The van der Waals surface area contributed by atoms with Crippen molar-refractivity contribution in [2.75, 3.05) is 26.2 Å². The normalized spacial score (nSPS) is 32.2. The van der Waals surface area contributed by atoms with Gasteiger partial charge in [0.2, 0.25) is 0 Å². The molecule has 0 saturated carbocycles. The highest BCUT2D eigenvalue weighted by Gasteiger charge is 2.41. The molecule has 6 nitrogen and oxygen atoms in total. The monoisotopic (exact) mass is 284 g/mol. The van der Waals surface area contributed by atoms with E-state index < -0.39 is 17.5 Å². The second kappa shape index (κ2) is 5.60. The van der Waals surface area contributed by atoms with Crippen molar-refractivity contribution in [3.05, 3.63) is 0 Å². The Morgan fingerprint density at radius 1 is 1.30 bits per heavy atom. The Morgan fingerprint density at radius 2 is 2.00 bits per heavy atom. The SMILES string of the molecule is CC(O)C1CCN(C(=O)N2CCCC(C)(C(=O)O)C2)C1. The van der Waals surface area contributed by atoms with Gasteiger partial charge in [0.25, 0.3) is 0 Å². The van der Waals surface area contributed by atoms with Crippen LogP contribution in [-0.4, -0.2) is 64.3 Å². The maximum absolute atomic E-state index is 12.5. The lowest BCUT2D eigenvalue weighted by molar-refractivity contribution is -0.150. The number of nitrogens with zero attached hydrogens (tertiary/aromatic N) is 2. The Labute approximate surface area is 119 Å². The number of amides is 2. The molecule has 0 aromatic heterocycles. The molecular weight excluding hydrogens is 260 g/mol. The van der Waals surface area contributed by atoms with Gasteiger partial charge in [0, 0.05) is 32.1 Å². The van der Waals surface area contributed by atoms with Crippen molar-refractivity contribution in [1.29, 1.82) is 0 Å². The van der Waals surface area contributed by atoms with Crippen LogP contribution in [0.3, 0.4) is 0 Å². The number of aliphatic carboxylic acids is 1. The summed E-state index contributed by atoms with van der Waals surface area (Å²) in [4.78, 5) is 27.2. The number of piperidine rings is 1. The smallest absolute Gasteiger partial charge is 0.320 e. The minimum Gasteiger partial charge on any atom is -0.481 e. The van der Waals surface area contributed by atoms with Gasteiger partial charge in [-0.25, -0.2) is 4.79 Å². The van der Waals surface area contributed by atoms with E-state index in [0.29, 0.717) is 26.1 Å². The third-order valence-corrected chi connectivity index (χ3v) is 4.66. The number of aliphatic hydroxyl groups excluding tert-OH is 1. The standard InChI is InChI=1S/C14H24N2O4/c1-10(17)11-4-7-15(8-11)13(20)16-6-3-5-14(2,9-16)12(18)19/h10-11,17H,3-9H2,1-2H3,(H,18,19). The van der Waals surface area contributed by atoms with Gasteiger partial charge in [0.05, 0.1) is 11.5 Å². The first-order valence-electron chi connectivity index (χ1n) is 7.29. The van der Waals surface area contributed by atoms with E-state index >= 15 is 0 Å². The lowest BCUT2D eigenvalue weighted by atomic mass is 9.82. The zero-order chi connectivity index (χ0) is 14.9. The average molecular weight is 284 g/mol. The van der Waals surface area contributed by atoms with E-state index in [4.69, 9.17) is 0 Å². The van der Waals surface area contributed by atoms with Crippen LogP contribution in [0, 0.1) is 11.3 Å². The van der Waals surface area contributed by atoms with E-state index in [1.54, 1.807) is 23.6 Å². The Balaban J connectivity index is 1.98. The molecule has 2 fully saturated rings. The van der Waals surface area contributed by atoms with Crippen molar-refractivity contribution >= 4 is 12.0 Å². The zero-order valence-electron chi connectivity index (χ0n) is 12.2. The molecule has 2 aliphatic rings. The molecule has 0 bridgehead atoms. The zero-order valence-corrected chi connectivity index (χ0v) is 12.2. The molecule has 2 aliphatic heterocycles. The molecule has 0 radical (unpaired) electrons. The van der Waals surface area contributed by atoms with E-state index in [1.165, 1.54) is 0 Å². The fraction of sp³-hybridized carbons (Fsp3) is 0.857. The molecule has 2 amide bonds.